The third-order valence-electron chi connectivity index (χ3n) is 3.68. The van der Waals surface area contributed by atoms with Gasteiger partial charge in [0.25, 0.3) is 0 Å². The first-order chi connectivity index (χ1) is 9.24. The van der Waals surface area contributed by atoms with Gasteiger partial charge in [0.05, 0.1) is 6.54 Å². The number of nitrogens with zero attached hydrogens (tertiary/aromatic N) is 2. The lowest BCUT2D eigenvalue weighted by Gasteiger charge is -2.30. The number of aliphatic hydroxyl groups excluding tert-OH is 1. The van der Waals surface area contributed by atoms with Crippen molar-refractivity contribution in [2.45, 2.75) is 19.4 Å². The second-order valence-corrected chi connectivity index (χ2v) is 5.26. The zero-order valence-corrected chi connectivity index (χ0v) is 10.9. The molecule has 1 fully saturated rings. The molecule has 1 aliphatic heterocycles. The molecule has 1 aromatic carbocycles. The van der Waals surface area contributed by atoms with Gasteiger partial charge in [-0.3, -0.25) is 4.90 Å². The molecule has 19 heavy (non-hydrogen) atoms. The molecule has 3 rings (SSSR count). The lowest BCUT2D eigenvalue weighted by molar-refractivity contribution is 0.109. The summed E-state index contributed by atoms with van der Waals surface area (Å²) in [6, 6.07) is 5.51. The molecule has 1 saturated heterocycles. The van der Waals surface area contributed by atoms with E-state index in [2.05, 4.69) is 9.88 Å². The minimum atomic E-state index is 0.264. The molecule has 1 atom stereocenters. The van der Waals surface area contributed by atoms with Gasteiger partial charge in [0, 0.05) is 24.9 Å². The molecule has 0 spiro atoms. The number of nitrogen functional groups attached to an aromatic ring is 1. The molecule has 2 aromatic rings. The lowest BCUT2D eigenvalue weighted by atomic mass is 9.99. The predicted molar refractivity (Wildman–Crippen MR) is 73.5 cm³/mol. The van der Waals surface area contributed by atoms with Gasteiger partial charge in [-0.1, -0.05) is 0 Å². The number of benzene rings is 1. The molecule has 1 aliphatic rings. The van der Waals surface area contributed by atoms with Crippen LogP contribution in [0, 0.1) is 5.92 Å². The van der Waals surface area contributed by atoms with E-state index in [1.54, 1.807) is 6.07 Å². The summed E-state index contributed by atoms with van der Waals surface area (Å²) >= 11 is 0. The van der Waals surface area contributed by atoms with Crippen LogP contribution in [0.5, 0.6) is 0 Å². The van der Waals surface area contributed by atoms with E-state index in [-0.39, 0.29) is 6.61 Å². The Hall–Kier alpha value is -1.59. The third-order valence-corrected chi connectivity index (χ3v) is 3.68. The van der Waals surface area contributed by atoms with E-state index < -0.39 is 0 Å². The van der Waals surface area contributed by atoms with Gasteiger partial charge in [-0.15, -0.1) is 0 Å². The summed E-state index contributed by atoms with van der Waals surface area (Å²) in [5.41, 5.74) is 8.00. The van der Waals surface area contributed by atoms with E-state index in [0.717, 1.165) is 42.9 Å². The van der Waals surface area contributed by atoms with Crippen LogP contribution in [0.25, 0.3) is 11.1 Å². The minimum Gasteiger partial charge on any atom is -0.439 e. The van der Waals surface area contributed by atoms with Crippen LogP contribution in [0.2, 0.25) is 0 Å². The summed E-state index contributed by atoms with van der Waals surface area (Å²) in [5, 5.41) is 9.24. The van der Waals surface area contributed by atoms with Gasteiger partial charge < -0.3 is 15.3 Å². The second kappa shape index (κ2) is 5.19. The number of aromatic nitrogens is 1. The maximum absolute atomic E-state index is 9.24. The fourth-order valence-corrected chi connectivity index (χ4v) is 2.69. The van der Waals surface area contributed by atoms with Gasteiger partial charge in [-0.05, 0) is 37.4 Å². The first-order valence-corrected chi connectivity index (χ1v) is 6.73. The maximum atomic E-state index is 9.24. The summed E-state index contributed by atoms with van der Waals surface area (Å²) in [4.78, 5) is 6.76. The zero-order chi connectivity index (χ0) is 13.2. The highest BCUT2D eigenvalue weighted by Gasteiger charge is 2.20. The average Bonchev–Trinajstić information content (AvgIpc) is 2.80. The largest absolute Gasteiger partial charge is 0.439 e. The van der Waals surface area contributed by atoms with Crippen molar-refractivity contribution in [2.24, 2.45) is 5.92 Å². The highest BCUT2D eigenvalue weighted by molar-refractivity contribution is 5.76. The monoisotopic (exact) mass is 261 g/mol. The number of anilines is 1. The van der Waals surface area contributed by atoms with Crippen molar-refractivity contribution >= 4 is 16.8 Å². The van der Waals surface area contributed by atoms with E-state index >= 15 is 0 Å². The number of hydrogen-bond acceptors (Lipinski definition) is 5. The Morgan fingerprint density at radius 1 is 1.47 bits per heavy atom. The Labute approximate surface area is 112 Å². The molecule has 102 valence electrons. The van der Waals surface area contributed by atoms with Crippen LogP contribution in [-0.2, 0) is 6.54 Å². The van der Waals surface area contributed by atoms with E-state index in [0.29, 0.717) is 18.2 Å². The van der Waals surface area contributed by atoms with Gasteiger partial charge in [0.1, 0.15) is 5.52 Å². The molecule has 0 aliphatic carbocycles. The molecule has 0 bridgehead atoms. The highest BCUT2D eigenvalue weighted by atomic mass is 16.3. The molecule has 1 unspecified atom stereocenters. The van der Waals surface area contributed by atoms with Crippen molar-refractivity contribution in [2.75, 3.05) is 25.4 Å². The molecule has 0 amide bonds. The van der Waals surface area contributed by atoms with E-state index in [1.165, 1.54) is 0 Å². The van der Waals surface area contributed by atoms with Crippen molar-refractivity contribution < 1.29 is 9.52 Å². The van der Waals surface area contributed by atoms with Crippen molar-refractivity contribution in [3.63, 3.8) is 0 Å². The summed E-state index contributed by atoms with van der Waals surface area (Å²) in [6.07, 6.45) is 2.23. The van der Waals surface area contributed by atoms with Gasteiger partial charge >= 0.3 is 0 Å². The Morgan fingerprint density at radius 3 is 3.21 bits per heavy atom. The molecular weight excluding hydrogens is 242 g/mol. The zero-order valence-electron chi connectivity index (χ0n) is 10.9. The third kappa shape index (κ3) is 2.72. The summed E-state index contributed by atoms with van der Waals surface area (Å²) in [6.45, 7) is 2.92. The number of aliphatic hydroxyl groups is 1. The van der Waals surface area contributed by atoms with Crippen LogP contribution in [0.3, 0.4) is 0 Å². The van der Waals surface area contributed by atoms with Crippen molar-refractivity contribution in [1.29, 1.82) is 0 Å². The van der Waals surface area contributed by atoms with Gasteiger partial charge in [0.15, 0.2) is 5.58 Å². The van der Waals surface area contributed by atoms with Crippen molar-refractivity contribution in [3.8, 4) is 0 Å². The Kier molecular flexibility index (Phi) is 3.40. The van der Waals surface area contributed by atoms with Gasteiger partial charge in [0.2, 0.25) is 5.89 Å². The first kappa shape index (κ1) is 12.4. The Balaban J connectivity index is 1.74. The molecule has 0 saturated carbocycles. The second-order valence-electron chi connectivity index (χ2n) is 5.26. The van der Waals surface area contributed by atoms with Gasteiger partial charge in [-0.2, -0.15) is 0 Å². The molecule has 1 aromatic heterocycles. The Morgan fingerprint density at radius 2 is 2.37 bits per heavy atom. The topological polar surface area (TPSA) is 75.5 Å². The molecule has 5 nitrogen and oxygen atoms in total. The molecule has 0 radical (unpaired) electrons. The van der Waals surface area contributed by atoms with Crippen LogP contribution in [-0.4, -0.2) is 34.7 Å². The number of piperidine rings is 1. The normalized spacial score (nSPS) is 21.0. The Bertz CT molecular complexity index is 567. The van der Waals surface area contributed by atoms with Crippen LogP contribution in [0.15, 0.2) is 22.6 Å². The molecular formula is C14H19N3O2. The SMILES string of the molecule is Nc1ccc2nc(CN3CCCC(CO)C3)oc2c1. The van der Waals surface area contributed by atoms with Gasteiger partial charge in [-0.25, -0.2) is 4.98 Å². The lowest BCUT2D eigenvalue weighted by Crippen LogP contribution is -2.36. The smallest absolute Gasteiger partial charge is 0.209 e. The summed E-state index contributed by atoms with van der Waals surface area (Å²) in [5.74, 6) is 1.10. The van der Waals surface area contributed by atoms with E-state index in [1.807, 2.05) is 12.1 Å². The summed E-state index contributed by atoms with van der Waals surface area (Å²) in [7, 11) is 0. The number of oxazole rings is 1. The van der Waals surface area contributed by atoms with E-state index in [4.69, 9.17) is 10.2 Å². The van der Waals surface area contributed by atoms with Crippen LogP contribution >= 0.6 is 0 Å². The fourth-order valence-electron chi connectivity index (χ4n) is 2.69. The number of nitrogens with two attached hydrogens (primary N) is 1. The maximum Gasteiger partial charge on any atom is 0.209 e. The quantitative estimate of drug-likeness (QED) is 0.821. The first-order valence-electron chi connectivity index (χ1n) is 6.73. The summed E-state index contributed by atoms with van der Waals surface area (Å²) < 4.78 is 5.73. The molecule has 5 heteroatoms. The predicted octanol–water partition coefficient (Wildman–Crippen LogP) is 1.61. The van der Waals surface area contributed by atoms with Crippen molar-refractivity contribution in [3.05, 3.63) is 24.1 Å². The molecule has 2 heterocycles. The molecule has 3 N–H and O–H groups in total. The number of rotatable bonds is 3. The minimum absolute atomic E-state index is 0.264. The number of hydrogen-bond donors (Lipinski definition) is 2. The number of fused-ring (bicyclic) bond motifs is 1. The highest BCUT2D eigenvalue weighted by Crippen LogP contribution is 2.21. The van der Waals surface area contributed by atoms with Crippen LogP contribution in [0.4, 0.5) is 5.69 Å². The standard InChI is InChI=1S/C14H19N3O2/c15-11-3-4-12-13(6-11)19-14(16-12)8-17-5-1-2-10(7-17)9-18/h3-4,6,10,18H,1-2,5,7-9,15H2. The van der Waals surface area contributed by atoms with E-state index in [9.17, 15) is 5.11 Å². The fraction of sp³-hybridized carbons (Fsp3) is 0.500. The average molecular weight is 261 g/mol. The number of likely N-dealkylation sites (tertiary alicyclic amines) is 1. The van der Waals surface area contributed by atoms with Crippen LogP contribution < -0.4 is 5.73 Å². The van der Waals surface area contributed by atoms with Crippen LogP contribution in [0.1, 0.15) is 18.7 Å². The van der Waals surface area contributed by atoms with Crippen molar-refractivity contribution in [1.82, 2.24) is 9.88 Å².